The van der Waals surface area contributed by atoms with Crippen molar-refractivity contribution in [1.29, 1.82) is 0 Å². The second kappa shape index (κ2) is 8.38. The predicted molar refractivity (Wildman–Crippen MR) is 141 cm³/mol. The third kappa shape index (κ3) is 2.99. The van der Waals surface area contributed by atoms with E-state index in [0.29, 0.717) is 17.5 Å². The summed E-state index contributed by atoms with van der Waals surface area (Å²) in [5.41, 5.74) is -4.52. The molecule has 0 spiro atoms. The van der Waals surface area contributed by atoms with E-state index in [2.05, 4.69) is 0 Å². The summed E-state index contributed by atoms with van der Waals surface area (Å²) in [6.07, 6.45) is 4.65. The van der Waals surface area contributed by atoms with E-state index in [1.165, 1.54) is 13.0 Å². The molecule has 0 aromatic heterocycles. The zero-order chi connectivity index (χ0) is 29.0. The summed E-state index contributed by atoms with van der Waals surface area (Å²) in [6.45, 7) is 9.08. The Morgan fingerprint density at radius 1 is 1.08 bits per heavy atom. The highest BCUT2D eigenvalue weighted by Crippen LogP contribution is 2.67. The summed E-state index contributed by atoms with van der Waals surface area (Å²) in [7, 11) is 0. The van der Waals surface area contributed by atoms with E-state index in [4.69, 9.17) is 0 Å². The van der Waals surface area contributed by atoms with Crippen LogP contribution in [-0.2, 0) is 19.2 Å². The average Bonchev–Trinajstić information content (AvgIpc) is 3.39. The quantitative estimate of drug-likeness (QED) is 0.502. The van der Waals surface area contributed by atoms with Gasteiger partial charge in [0.2, 0.25) is 0 Å². The molecule has 8 heteroatoms. The number of Topliss-reactive ketones (excluding diaryl/α,β-unsaturated/α-hetero) is 5. The lowest BCUT2D eigenvalue weighted by Crippen LogP contribution is -2.82. The number of rotatable bonds is 3. The number of hydrogen-bond acceptors (Lipinski definition) is 8. The summed E-state index contributed by atoms with van der Waals surface area (Å²) in [4.78, 5) is 68.5. The van der Waals surface area contributed by atoms with Gasteiger partial charge in [-0.1, -0.05) is 58.9 Å². The van der Waals surface area contributed by atoms with Crippen LogP contribution in [0.2, 0.25) is 0 Å². The lowest BCUT2D eigenvalue weighted by atomic mass is 9.37. The number of benzene rings is 1. The number of fused-ring (bicyclic) bond motifs is 3. The fourth-order valence-electron chi connectivity index (χ4n) is 8.35. The smallest absolute Gasteiger partial charge is 0.191 e. The topological polar surface area (TPSA) is 146 Å². The van der Waals surface area contributed by atoms with Gasteiger partial charge in [0.25, 0.3) is 0 Å². The highest BCUT2D eigenvalue weighted by molar-refractivity contribution is 6.33. The number of carbonyl (C=O) groups is 5. The molecule has 1 aromatic carbocycles. The molecule has 3 N–H and O–H groups in total. The Morgan fingerprint density at radius 3 is 2.26 bits per heavy atom. The molecule has 0 heterocycles. The standard InChI is InChI=1S/C31H34O8/c1-13(2)22-24(34)20(15(4)32)26(36)31(39)27(37)23-25(35)21-18(33)12-11-17(16-9-7-8-10-16)19(21)14(3)29(23,5)28(38)30(22,31)6/h7-9,11-14,20,22-23,28,33,38-39H,10H2,1-6H3/t14-,20?,22?,23?,28-,29+,30+,31+/m1/s1. The van der Waals surface area contributed by atoms with E-state index in [0.717, 1.165) is 12.5 Å². The Balaban J connectivity index is 1.83. The van der Waals surface area contributed by atoms with Crippen molar-refractivity contribution >= 4 is 34.5 Å². The van der Waals surface area contributed by atoms with E-state index >= 15 is 0 Å². The Kier molecular flexibility index (Phi) is 5.88. The molecule has 2 fully saturated rings. The molecular weight excluding hydrogens is 500 g/mol. The van der Waals surface area contributed by atoms with Crippen molar-refractivity contribution < 1.29 is 39.3 Å². The van der Waals surface area contributed by atoms with Crippen molar-refractivity contribution in [3.05, 3.63) is 47.1 Å². The lowest BCUT2D eigenvalue weighted by Gasteiger charge is -2.65. The van der Waals surface area contributed by atoms with E-state index in [9.17, 15) is 39.3 Å². The number of hydrogen-bond donors (Lipinski definition) is 3. The number of phenolic OH excluding ortho intramolecular Hbond substituents is 1. The van der Waals surface area contributed by atoms with Crippen LogP contribution in [0, 0.1) is 34.5 Å². The van der Waals surface area contributed by atoms with Gasteiger partial charge in [-0.2, -0.15) is 0 Å². The van der Waals surface area contributed by atoms with Crippen LogP contribution in [0.4, 0.5) is 0 Å². The number of allylic oxidation sites excluding steroid dienone is 4. The minimum atomic E-state index is -2.96. The van der Waals surface area contributed by atoms with Crippen LogP contribution in [0.1, 0.15) is 75.4 Å². The van der Waals surface area contributed by atoms with Gasteiger partial charge >= 0.3 is 0 Å². The molecule has 1 aromatic rings. The van der Waals surface area contributed by atoms with E-state index in [-0.39, 0.29) is 11.3 Å². The Hall–Kier alpha value is -3.23. The largest absolute Gasteiger partial charge is 0.507 e. The van der Waals surface area contributed by atoms with Gasteiger partial charge in [-0.25, -0.2) is 0 Å². The first-order chi connectivity index (χ1) is 18.1. The van der Waals surface area contributed by atoms with Gasteiger partial charge in [0.15, 0.2) is 28.7 Å². The van der Waals surface area contributed by atoms with Crippen LogP contribution in [0.25, 0.3) is 5.57 Å². The summed E-state index contributed by atoms with van der Waals surface area (Å²) in [5.74, 6) is -11.2. The number of ketones is 5. The molecule has 206 valence electrons. The zero-order valence-corrected chi connectivity index (χ0v) is 22.9. The van der Waals surface area contributed by atoms with Crippen molar-refractivity contribution in [2.45, 2.75) is 65.6 Å². The third-order valence-corrected chi connectivity index (χ3v) is 10.3. The second-order valence-electron chi connectivity index (χ2n) is 12.4. The minimum Gasteiger partial charge on any atom is -0.507 e. The maximum atomic E-state index is 14.4. The van der Waals surface area contributed by atoms with Crippen molar-refractivity contribution in [3.63, 3.8) is 0 Å². The molecule has 0 bridgehead atoms. The molecule has 2 saturated carbocycles. The highest BCUT2D eigenvalue weighted by atomic mass is 16.3. The first-order valence-electron chi connectivity index (χ1n) is 13.4. The number of phenols is 1. The van der Waals surface area contributed by atoms with Crippen LogP contribution in [0.15, 0.2) is 30.4 Å². The molecule has 0 aliphatic heterocycles. The van der Waals surface area contributed by atoms with Gasteiger partial charge in [-0.05, 0) is 47.9 Å². The van der Waals surface area contributed by atoms with Crippen LogP contribution >= 0.6 is 0 Å². The van der Waals surface area contributed by atoms with E-state index < -0.39 is 81.0 Å². The Morgan fingerprint density at radius 2 is 1.72 bits per heavy atom. The van der Waals surface area contributed by atoms with Crippen molar-refractivity contribution in [2.75, 3.05) is 0 Å². The minimum absolute atomic E-state index is 0.0779. The Bertz CT molecular complexity index is 1430. The molecule has 0 amide bonds. The van der Waals surface area contributed by atoms with Crippen molar-refractivity contribution in [2.24, 2.45) is 34.5 Å². The van der Waals surface area contributed by atoms with Gasteiger partial charge in [0, 0.05) is 16.7 Å². The zero-order valence-electron chi connectivity index (χ0n) is 22.9. The second-order valence-corrected chi connectivity index (χ2v) is 12.4. The highest BCUT2D eigenvalue weighted by Gasteiger charge is 2.80. The van der Waals surface area contributed by atoms with Gasteiger partial charge in [0.05, 0.1) is 17.6 Å². The van der Waals surface area contributed by atoms with Crippen LogP contribution in [0.5, 0.6) is 5.75 Å². The first-order valence-corrected chi connectivity index (χ1v) is 13.4. The fraction of sp³-hybridized carbons (Fsp3) is 0.516. The SMILES string of the molecule is CC(=O)C1C(=O)C(C(C)C)[C@@]2(C)[C@H](O)[C@]3(C)C(C(=O)c4c(O)ccc(C5=CC=CC5)c4[C@H]3C)C(=O)[C@@]2(O)C1=O. The van der Waals surface area contributed by atoms with Crippen molar-refractivity contribution in [3.8, 4) is 5.75 Å². The molecular formula is C31H34O8. The maximum Gasteiger partial charge on any atom is 0.191 e. The van der Waals surface area contributed by atoms with Crippen LogP contribution in [-0.4, -0.2) is 55.9 Å². The lowest BCUT2D eigenvalue weighted by molar-refractivity contribution is -0.240. The average molecular weight is 535 g/mol. The summed E-state index contributed by atoms with van der Waals surface area (Å²) >= 11 is 0. The molecule has 5 rings (SSSR count). The van der Waals surface area contributed by atoms with E-state index in [1.54, 1.807) is 33.8 Å². The molecule has 0 saturated heterocycles. The molecule has 39 heavy (non-hydrogen) atoms. The van der Waals surface area contributed by atoms with Crippen molar-refractivity contribution in [1.82, 2.24) is 0 Å². The number of aromatic hydroxyl groups is 1. The molecule has 3 unspecified atom stereocenters. The van der Waals surface area contributed by atoms with Gasteiger partial charge in [0.1, 0.15) is 17.5 Å². The van der Waals surface area contributed by atoms with Gasteiger partial charge < -0.3 is 15.3 Å². The maximum absolute atomic E-state index is 14.4. The summed E-state index contributed by atoms with van der Waals surface area (Å²) in [6, 6.07) is 3.09. The number of aliphatic hydroxyl groups is 2. The first kappa shape index (κ1) is 27.3. The summed E-state index contributed by atoms with van der Waals surface area (Å²) in [5, 5.41) is 35.3. The molecule has 4 aliphatic carbocycles. The number of aliphatic hydroxyl groups excluding tert-OH is 1. The van der Waals surface area contributed by atoms with Gasteiger partial charge in [-0.15, -0.1) is 0 Å². The third-order valence-electron chi connectivity index (χ3n) is 10.3. The van der Waals surface area contributed by atoms with Crippen LogP contribution in [0.3, 0.4) is 0 Å². The molecule has 4 aliphatic rings. The molecule has 8 nitrogen and oxygen atoms in total. The monoisotopic (exact) mass is 534 g/mol. The number of carbonyl (C=O) groups excluding carboxylic acids is 5. The molecule has 8 atom stereocenters. The predicted octanol–water partition coefficient (Wildman–Crippen LogP) is 2.97. The normalized spacial score (nSPS) is 39.4. The fourth-order valence-corrected chi connectivity index (χ4v) is 8.35. The summed E-state index contributed by atoms with van der Waals surface area (Å²) < 4.78 is 0. The Labute approximate surface area is 226 Å². The molecule has 0 radical (unpaired) electrons. The van der Waals surface area contributed by atoms with Crippen LogP contribution < -0.4 is 0 Å². The van der Waals surface area contributed by atoms with Gasteiger partial charge in [-0.3, -0.25) is 24.0 Å². The van der Waals surface area contributed by atoms with E-state index in [1.807, 2.05) is 18.2 Å².